The molecule has 0 spiro atoms. The molecule has 2 rings (SSSR count). The number of halogens is 2. The van der Waals surface area contributed by atoms with Crippen LogP contribution >= 0.6 is 0 Å². The molecular formula is C10H8F2O2. The van der Waals surface area contributed by atoms with Crippen molar-refractivity contribution in [2.45, 2.75) is 19.6 Å². The fourth-order valence-electron chi connectivity index (χ4n) is 1.45. The fourth-order valence-corrected chi connectivity index (χ4v) is 1.45. The summed E-state index contributed by atoms with van der Waals surface area (Å²) in [5.41, 5.74) is 1.86. The van der Waals surface area contributed by atoms with Gasteiger partial charge in [-0.05, 0) is 17.2 Å². The predicted molar refractivity (Wildman–Crippen MR) is 45.3 cm³/mol. The lowest BCUT2D eigenvalue weighted by Gasteiger charge is -2.01. The maximum Gasteiger partial charge on any atom is 0.300 e. The Morgan fingerprint density at radius 2 is 2.00 bits per heavy atom. The van der Waals surface area contributed by atoms with Gasteiger partial charge in [-0.3, -0.25) is 4.79 Å². The molecular weight excluding hydrogens is 190 g/mol. The summed E-state index contributed by atoms with van der Waals surface area (Å²) in [6, 6.07) is 4.57. The third-order valence-corrected chi connectivity index (χ3v) is 2.20. The molecule has 1 aromatic carbocycles. The van der Waals surface area contributed by atoms with E-state index in [0.29, 0.717) is 13.2 Å². The zero-order valence-corrected chi connectivity index (χ0v) is 7.30. The molecule has 0 saturated carbocycles. The first-order valence-corrected chi connectivity index (χ1v) is 4.20. The van der Waals surface area contributed by atoms with Crippen molar-refractivity contribution in [3.63, 3.8) is 0 Å². The highest BCUT2D eigenvalue weighted by Crippen LogP contribution is 2.21. The molecule has 0 fully saturated rings. The molecule has 4 heteroatoms. The van der Waals surface area contributed by atoms with E-state index < -0.39 is 12.2 Å². The second-order valence-corrected chi connectivity index (χ2v) is 3.14. The minimum Gasteiger partial charge on any atom is -0.372 e. The zero-order chi connectivity index (χ0) is 10.1. The van der Waals surface area contributed by atoms with Gasteiger partial charge in [0.1, 0.15) is 0 Å². The van der Waals surface area contributed by atoms with Crippen molar-refractivity contribution >= 4 is 5.78 Å². The predicted octanol–water partition coefficient (Wildman–Crippen LogP) is 2.16. The monoisotopic (exact) mass is 198 g/mol. The molecule has 2 nitrogen and oxygen atoms in total. The average Bonchev–Trinajstić information content (AvgIpc) is 2.62. The van der Waals surface area contributed by atoms with Gasteiger partial charge >= 0.3 is 6.43 Å². The average molecular weight is 198 g/mol. The molecule has 0 atom stereocenters. The van der Waals surface area contributed by atoms with E-state index >= 15 is 0 Å². The highest BCUT2D eigenvalue weighted by Gasteiger charge is 2.20. The van der Waals surface area contributed by atoms with E-state index in [4.69, 9.17) is 4.74 Å². The Labute approximate surface area is 79.5 Å². The van der Waals surface area contributed by atoms with Crippen LogP contribution < -0.4 is 0 Å². The quantitative estimate of drug-likeness (QED) is 0.680. The Balaban J connectivity index is 2.33. The van der Waals surface area contributed by atoms with Crippen LogP contribution in [-0.2, 0) is 18.0 Å². The summed E-state index contributed by atoms with van der Waals surface area (Å²) < 4.78 is 29.3. The largest absolute Gasteiger partial charge is 0.372 e. The van der Waals surface area contributed by atoms with E-state index in [2.05, 4.69) is 0 Å². The van der Waals surface area contributed by atoms with Gasteiger partial charge < -0.3 is 4.74 Å². The number of benzene rings is 1. The lowest BCUT2D eigenvalue weighted by atomic mass is 10.0. The van der Waals surface area contributed by atoms with Crippen molar-refractivity contribution in [3.05, 3.63) is 34.9 Å². The van der Waals surface area contributed by atoms with Crippen LogP contribution in [0.5, 0.6) is 0 Å². The van der Waals surface area contributed by atoms with Crippen LogP contribution in [0.4, 0.5) is 8.78 Å². The molecule has 1 aliphatic rings. The summed E-state index contributed by atoms with van der Waals surface area (Å²) in [5.74, 6) is -1.13. The summed E-state index contributed by atoms with van der Waals surface area (Å²) in [7, 11) is 0. The van der Waals surface area contributed by atoms with Crippen molar-refractivity contribution in [1.29, 1.82) is 0 Å². The highest BCUT2D eigenvalue weighted by molar-refractivity contribution is 5.98. The molecule has 1 aromatic rings. The Bertz CT molecular complexity index is 374. The lowest BCUT2D eigenvalue weighted by Crippen LogP contribution is -2.10. The first-order valence-electron chi connectivity index (χ1n) is 4.20. The van der Waals surface area contributed by atoms with Crippen molar-refractivity contribution in [2.75, 3.05) is 0 Å². The Morgan fingerprint density at radius 1 is 1.29 bits per heavy atom. The van der Waals surface area contributed by atoms with Crippen LogP contribution in [0.2, 0.25) is 0 Å². The number of ketones is 1. The van der Waals surface area contributed by atoms with Crippen LogP contribution in [0.15, 0.2) is 18.2 Å². The molecule has 0 N–H and O–H groups in total. The minimum absolute atomic E-state index is 0.0595. The van der Waals surface area contributed by atoms with Crippen LogP contribution in [0.25, 0.3) is 0 Å². The number of ether oxygens (including phenoxy) is 1. The van der Waals surface area contributed by atoms with Gasteiger partial charge in [-0.25, -0.2) is 8.78 Å². The van der Waals surface area contributed by atoms with Crippen molar-refractivity contribution in [1.82, 2.24) is 0 Å². The van der Waals surface area contributed by atoms with Gasteiger partial charge in [0.05, 0.1) is 13.2 Å². The zero-order valence-electron chi connectivity index (χ0n) is 7.30. The second-order valence-electron chi connectivity index (χ2n) is 3.14. The van der Waals surface area contributed by atoms with E-state index in [9.17, 15) is 13.6 Å². The molecule has 14 heavy (non-hydrogen) atoms. The topological polar surface area (TPSA) is 26.3 Å². The van der Waals surface area contributed by atoms with Gasteiger partial charge in [0, 0.05) is 5.56 Å². The van der Waals surface area contributed by atoms with E-state index in [1.807, 2.05) is 0 Å². The van der Waals surface area contributed by atoms with Gasteiger partial charge in [0.2, 0.25) is 5.78 Å². The molecule has 0 unspecified atom stereocenters. The van der Waals surface area contributed by atoms with Gasteiger partial charge in [0.25, 0.3) is 0 Å². The third-order valence-electron chi connectivity index (χ3n) is 2.20. The van der Waals surface area contributed by atoms with Crippen LogP contribution in [-0.4, -0.2) is 12.2 Å². The van der Waals surface area contributed by atoms with Crippen LogP contribution in [0.1, 0.15) is 21.5 Å². The number of Topliss-reactive ketones (excluding diaryl/α,β-unsaturated/α-hetero) is 1. The molecule has 0 saturated heterocycles. The number of alkyl halides is 2. The van der Waals surface area contributed by atoms with Gasteiger partial charge in [0.15, 0.2) is 0 Å². The second kappa shape index (κ2) is 3.46. The summed E-state index contributed by atoms with van der Waals surface area (Å²) in [5, 5.41) is 0. The number of rotatable bonds is 2. The number of carbonyl (C=O) groups is 1. The summed E-state index contributed by atoms with van der Waals surface area (Å²) in [6.07, 6.45) is -2.93. The highest BCUT2D eigenvalue weighted by atomic mass is 19.3. The maximum atomic E-state index is 12.1. The number of carbonyl (C=O) groups excluding carboxylic acids is 1. The Kier molecular flexibility index (Phi) is 2.29. The van der Waals surface area contributed by atoms with Crippen molar-refractivity contribution in [3.8, 4) is 0 Å². The van der Waals surface area contributed by atoms with E-state index in [1.54, 1.807) is 6.07 Å². The van der Waals surface area contributed by atoms with E-state index in [1.165, 1.54) is 12.1 Å². The molecule has 1 heterocycles. The Hall–Kier alpha value is -1.29. The smallest absolute Gasteiger partial charge is 0.300 e. The van der Waals surface area contributed by atoms with Crippen molar-refractivity contribution < 1.29 is 18.3 Å². The first kappa shape index (κ1) is 9.27. The molecule has 0 radical (unpaired) electrons. The number of hydrogen-bond donors (Lipinski definition) is 0. The molecule has 0 bridgehead atoms. The fraction of sp³-hybridized carbons (Fsp3) is 0.300. The Morgan fingerprint density at radius 3 is 2.71 bits per heavy atom. The minimum atomic E-state index is -2.93. The first-order chi connectivity index (χ1) is 6.68. The van der Waals surface area contributed by atoms with Gasteiger partial charge in [-0.1, -0.05) is 12.1 Å². The molecule has 74 valence electrons. The number of hydrogen-bond acceptors (Lipinski definition) is 2. The SMILES string of the molecule is O=C(c1ccc2c(c1)COC2)C(F)F. The van der Waals surface area contributed by atoms with E-state index in [0.717, 1.165) is 11.1 Å². The molecule has 1 aliphatic heterocycles. The van der Waals surface area contributed by atoms with Gasteiger partial charge in [-0.2, -0.15) is 0 Å². The van der Waals surface area contributed by atoms with E-state index in [-0.39, 0.29) is 5.56 Å². The lowest BCUT2D eigenvalue weighted by molar-refractivity contribution is 0.0678. The van der Waals surface area contributed by atoms with Crippen LogP contribution in [0.3, 0.4) is 0 Å². The molecule has 0 amide bonds. The standard InChI is InChI=1S/C10H8F2O2/c11-10(12)9(13)6-1-2-7-4-14-5-8(7)3-6/h1-3,10H,4-5H2. The molecule has 0 aromatic heterocycles. The molecule has 0 aliphatic carbocycles. The summed E-state index contributed by atoms with van der Waals surface area (Å²) in [4.78, 5) is 11.0. The number of fused-ring (bicyclic) bond motifs is 1. The summed E-state index contributed by atoms with van der Waals surface area (Å²) in [6.45, 7) is 0.901. The van der Waals surface area contributed by atoms with Crippen LogP contribution in [0, 0.1) is 0 Å². The normalized spacial score (nSPS) is 14.5. The van der Waals surface area contributed by atoms with Gasteiger partial charge in [-0.15, -0.1) is 0 Å². The third kappa shape index (κ3) is 1.53. The van der Waals surface area contributed by atoms with Crippen molar-refractivity contribution in [2.24, 2.45) is 0 Å². The maximum absolute atomic E-state index is 12.1. The summed E-state index contributed by atoms with van der Waals surface area (Å²) >= 11 is 0.